The lowest BCUT2D eigenvalue weighted by molar-refractivity contribution is 0.0534. The van der Waals surface area contributed by atoms with Crippen molar-refractivity contribution >= 4 is 9.84 Å². The van der Waals surface area contributed by atoms with E-state index in [2.05, 4.69) is 16.9 Å². The minimum absolute atomic E-state index is 0.0146. The van der Waals surface area contributed by atoms with E-state index in [0.29, 0.717) is 32.7 Å². The number of unbranched alkanes of at least 4 members (excludes halogenated alkanes) is 15. The fraction of sp³-hybridized carbons (Fsp3) is 0.871. The highest BCUT2D eigenvalue weighted by Crippen LogP contribution is 2.14. The van der Waals surface area contributed by atoms with E-state index in [0.717, 1.165) is 12.8 Å². The molecule has 234 valence electrons. The van der Waals surface area contributed by atoms with Crippen molar-refractivity contribution in [1.82, 2.24) is 9.97 Å². The molecule has 0 bridgehead atoms. The van der Waals surface area contributed by atoms with Crippen molar-refractivity contribution < 1.29 is 27.7 Å². The largest absolute Gasteiger partial charge is 0.457 e. The van der Waals surface area contributed by atoms with Crippen molar-refractivity contribution in [2.24, 2.45) is 0 Å². The monoisotopic (exact) mass is 586 g/mol. The quantitative estimate of drug-likeness (QED) is 0.0992. The Kier molecular flexibility index (Phi) is 24.4. The van der Waals surface area contributed by atoms with Crippen LogP contribution in [0.5, 0.6) is 6.01 Å². The van der Waals surface area contributed by atoms with E-state index in [9.17, 15) is 8.42 Å². The summed E-state index contributed by atoms with van der Waals surface area (Å²) in [5.41, 5.74) is 0. The number of sulfone groups is 1. The molecule has 40 heavy (non-hydrogen) atoms. The minimum Gasteiger partial charge on any atom is -0.457 e. The molecule has 1 aromatic heterocycles. The Morgan fingerprint density at radius 2 is 1.20 bits per heavy atom. The van der Waals surface area contributed by atoms with Crippen LogP contribution in [0.1, 0.15) is 122 Å². The Morgan fingerprint density at radius 3 is 1.75 bits per heavy atom. The van der Waals surface area contributed by atoms with Gasteiger partial charge in [-0.15, -0.1) is 0 Å². The molecule has 1 unspecified atom stereocenters. The first-order chi connectivity index (χ1) is 19.6. The highest BCUT2D eigenvalue weighted by Gasteiger charge is 2.22. The van der Waals surface area contributed by atoms with Crippen LogP contribution >= 0.6 is 0 Å². The standard InChI is InChI=1S/C31H58N2O6S/c1-2-3-4-5-6-7-8-9-10-11-12-13-14-15-16-17-24-38-28-30(39-31-32-21-18-22-33-31)29-40(35,36)27-20-26-37-25-19-23-34/h18,21-22,30,34H,2-17,19-20,23-29H2,1H3. The lowest BCUT2D eigenvalue weighted by Crippen LogP contribution is -2.33. The van der Waals surface area contributed by atoms with Crippen molar-refractivity contribution in [1.29, 1.82) is 0 Å². The molecule has 1 rings (SSSR count). The molecule has 1 heterocycles. The highest BCUT2D eigenvalue weighted by molar-refractivity contribution is 7.91. The number of hydrogen-bond acceptors (Lipinski definition) is 8. The second-order valence-corrected chi connectivity index (χ2v) is 13.0. The van der Waals surface area contributed by atoms with Crippen LogP contribution < -0.4 is 4.74 Å². The molecule has 0 aliphatic carbocycles. The van der Waals surface area contributed by atoms with Gasteiger partial charge in [0.2, 0.25) is 0 Å². The minimum atomic E-state index is -3.36. The highest BCUT2D eigenvalue weighted by atomic mass is 32.2. The Bertz CT molecular complexity index is 766. The zero-order valence-corrected chi connectivity index (χ0v) is 26.1. The van der Waals surface area contributed by atoms with Gasteiger partial charge in [-0.1, -0.05) is 103 Å². The summed E-state index contributed by atoms with van der Waals surface area (Å²) in [7, 11) is -3.36. The first-order valence-corrected chi connectivity index (χ1v) is 17.8. The molecule has 0 aliphatic rings. The van der Waals surface area contributed by atoms with E-state index in [1.54, 1.807) is 18.5 Å². The maximum Gasteiger partial charge on any atom is 0.316 e. The summed E-state index contributed by atoms with van der Waals surface area (Å²) in [6.07, 6.45) is 24.6. The molecule has 0 radical (unpaired) electrons. The van der Waals surface area contributed by atoms with Crippen LogP contribution in [0.15, 0.2) is 18.5 Å². The number of hydrogen-bond donors (Lipinski definition) is 1. The van der Waals surface area contributed by atoms with E-state index < -0.39 is 15.9 Å². The third kappa shape index (κ3) is 23.4. The number of aliphatic hydroxyl groups is 1. The van der Waals surface area contributed by atoms with Crippen molar-refractivity contribution in [3.05, 3.63) is 18.5 Å². The van der Waals surface area contributed by atoms with Crippen molar-refractivity contribution in [3.63, 3.8) is 0 Å². The summed E-state index contributed by atoms with van der Waals surface area (Å²) >= 11 is 0. The van der Waals surface area contributed by atoms with E-state index in [1.807, 2.05) is 0 Å². The van der Waals surface area contributed by atoms with Gasteiger partial charge in [0.25, 0.3) is 0 Å². The van der Waals surface area contributed by atoms with Gasteiger partial charge in [0.15, 0.2) is 9.84 Å². The third-order valence-corrected chi connectivity index (χ3v) is 8.68. The third-order valence-electron chi connectivity index (χ3n) is 6.89. The molecular weight excluding hydrogens is 528 g/mol. The van der Waals surface area contributed by atoms with Gasteiger partial charge in [0.1, 0.15) is 6.10 Å². The maximum atomic E-state index is 12.6. The summed E-state index contributed by atoms with van der Waals surface area (Å²) in [5.74, 6) is -0.137. The molecule has 0 fully saturated rings. The number of nitrogens with zero attached hydrogens (tertiary/aromatic N) is 2. The van der Waals surface area contributed by atoms with Crippen molar-refractivity contribution in [2.75, 3.05) is 44.5 Å². The van der Waals surface area contributed by atoms with Gasteiger partial charge < -0.3 is 19.3 Å². The average Bonchev–Trinajstić information content (AvgIpc) is 2.94. The summed E-state index contributed by atoms with van der Waals surface area (Å²) in [5, 5.41) is 8.78. The molecule has 8 nitrogen and oxygen atoms in total. The summed E-state index contributed by atoms with van der Waals surface area (Å²) in [4.78, 5) is 8.12. The van der Waals surface area contributed by atoms with Gasteiger partial charge in [-0.05, 0) is 25.3 Å². The Labute approximate surface area is 244 Å². The van der Waals surface area contributed by atoms with Crippen molar-refractivity contribution in [3.8, 4) is 6.01 Å². The lowest BCUT2D eigenvalue weighted by atomic mass is 10.0. The lowest BCUT2D eigenvalue weighted by Gasteiger charge is -2.18. The Hall–Kier alpha value is -1.29. The summed E-state index contributed by atoms with van der Waals surface area (Å²) in [6.45, 7) is 3.89. The van der Waals surface area contributed by atoms with E-state index in [-0.39, 0.29) is 30.7 Å². The van der Waals surface area contributed by atoms with Crippen LogP contribution in [0.25, 0.3) is 0 Å². The Balaban J connectivity index is 2.11. The first kappa shape index (κ1) is 36.7. The molecule has 0 saturated carbocycles. The molecule has 0 aromatic carbocycles. The van der Waals surface area contributed by atoms with Crippen LogP contribution in [-0.4, -0.2) is 74.1 Å². The van der Waals surface area contributed by atoms with Gasteiger partial charge in [0, 0.05) is 38.8 Å². The van der Waals surface area contributed by atoms with Gasteiger partial charge in [-0.3, -0.25) is 0 Å². The second-order valence-electron chi connectivity index (χ2n) is 10.8. The normalized spacial score (nSPS) is 12.6. The fourth-order valence-electron chi connectivity index (χ4n) is 4.59. The molecule has 1 atom stereocenters. The topological polar surface area (TPSA) is 108 Å². The number of aromatic nitrogens is 2. The predicted molar refractivity (Wildman–Crippen MR) is 163 cm³/mol. The zero-order chi connectivity index (χ0) is 29.0. The van der Waals surface area contributed by atoms with Gasteiger partial charge in [-0.2, -0.15) is 0 Å². The van der Waals surface area contributed by atoms with Crippen LogP contribution in [0.3, 0.4) is 0 Å². The molecule has 1 aromatic rings. The van der Waals surface area contributed by atoms with E-state index in [1.165, 1.54) is 89.9 Å². The van der Waals surface area contributed by atoms with Crippen LogP contribution in [0.2, 0.25) is 0 Å². The molecule has 0 amide bonds. The average molecular weight is 587 g/mol. The number of ether oxygens (including phenoxy) is 3. The summed E-state index contributed by atoms with van der Waals surface area (Å²) < 4.78 is 42.2. The van der Waals surface area contributed by atoms with E-state index in [4.69, 9.17) is 19.3 Å². The molecule has 0 aliphatic heterocycles. The number of rotatable bonds is 30. The SMILES string of the molecule is CCCCCCCCCCCCCCCCCCOCC(CS(=O)(=O)CCCOCCCO)Oc1ncccn1. The molecular formula is C31H58N2O6S. The first-order valence-electron chi connectivity index (χ1n) is 16.0. The maximum absolute atomic E-state index is 12.6. The second kappa shape index (κ2) is 26.6. The van der Waals surface area contributed by atoms with Crippen molar-refractivity contribution in [2.45, 2.75) is 129 Å². The van der Waals surface area contributed by atoms with Crippen LogP contribution in [0, 0.1) is 0 Å². The van der Waals surface area contributed by atoms with Gasteiger partial charge in [0.05, 0.1) is 18.1 Å². The van der Waals surface area contributed by atoms with E-state index >= 15 is 0 Å². The zero-order valence-electron chi connectivity index (χ0n) is 25.3. The van der Waals surface area contributed by atoms with Crippen LogP contribution in [0.4, 0.5) is 0 Å². The van der Waals surface area contributed by atoms with Gasteiger partial charge >= 0.3 is 6.01 Å². The summed E-state index contributed by atoms with van der Waals surface area (Å²) in [6, 6.07) is 1.84. The molecule has 0 spiro atoms. The predicted octanol–water partition coefficient (Wildman–Crippen LogP) is 6.71. The Morgan fingerprint density at radius 1 is 0.700 bits per heavy atom. The molecule has 1 N–H and O–H groups in total. The fourth-order valence-corrected chi connectivity index (χ4v) is 6.05. The molecule has 0 saturated heterocycles. The number of aliphatic hydroxyl groups excluding tert-OH is 1. The smallest absolute Gasteiger partial charge is 0.316 e. The molecule has 9 heteroatoms. The van der Waals surface area contributed by atoms with Gasteiger partial charge in [-0.25, -0.2) is 18.4 Å². The van der Waals surface area contributed by atoms with Crippen LogP contribution in [-0.2, 0) is 19.3 Å².